The van der Waals surface area contributed by atoms with E-state index < -0.39 is 0 Å². The summed E-state index contributed by atoms with van der Waals surface area (Å²) in [6.07, 6.45) is 3.49. The zero-order chi connectivity index (χ0) is 13.1. The summed E-state index contributed by atoms with van der Waals surface area (Å²) in [5, 5.41) is 0. The Hall–Kier alpha value is -0.810. The van der Waals surface area contributed by atoms with Gasteiger partial charge in [0.15, 0.2) is 0 Å². The Bertz CT molecular complexity index is 296. The predicted molar refractivity (Wildman–Crippen MR) is 70.4 cm³/mol. The summed E-state index contributed by atoms with van der Waals surface area (Å²) in [6.45, 7) is 7.28. The Labute approximate surface area is 109 Å². The quantitative estimate of drug-likeness (QED) is 0.815. The molecule has 0 aromatic carbocycles. The van der Waals surface area contributed by atoms with Gasteiger partial charge in [0, 0.05) is 25.2 Å². The van der Waals surface area contributed by atoms with Crippen molar-refractivity contribution in [2.45, 2.75) is 51.2 Å². The Kier molecular flexibility index (Phi) is 4.45. The lowest BCUT2D eigenvalue weighted by Crippen LogP contribution is -2.52. The van der Waals surface area contributed by atoms with Gasteiger partial charge in [-0.2, -0.15) is 0 Å². The van der Waals surface area contributed by atoms with Crippen LogP contribution in [0.15, 0.2) is 0 Å². The van der Waals surface area contributed by atoms with Crippen LogP contribution in [0.3, 0.4) is 0 Å². The molecule has 0 saturated carbocycles. The molecule has 0 aliphatic carbocycles. The maximum atomic E-state index is 11.7. The van der Waals surface area contributed by atoms with Crippen LogP contribution in [0.2, 0.25) is 0 Å². The summed E-state index contributed by atoms with van der Waals surface area (Å²) in [7, 11) is 0. The Balaban J connectivity index is 1.99. The van der Waals surface area contributed by atoms with Gasteiger partial charge >= 0.3 is 6.09 Å². The molecule has 2 aliphatic rings. The van der Waals surface area contributed by atoms with Gasteiger partial charge in [-0.05, 0) is 33.2 Å². The molecule has 0 aromatic rings. The number of nitrogens with two attached hydrogens (primary N) is 1. The van der Waals surface area contributed by atoms with Gasteiger partial charge in [0.2, 0.25) is 0 Å². The van der Waals surface area contributed by atoms with E-state index in [4.69, 9.17) is 10.5 Å². The number of ether oxygens (including phenoxy) is 1. The zero-order valence-electron chi connectivity index (χ0n) is 11.5. The smallest absolute Gasteiger partial charge is 0.410 e. The average Bonchev–Trinajstić information content (AvgIpc) is 2.71. The molecule has 0 bridgehead atoms. The number of hydrogen-bond donors (Lipinski definition) is 1. The summed E-state index contributed by atoms with van der Waals surface area (Å²) >= 11 is 0. The van der Waals surface area contributed by atoms with Crippen LogP contribution < -0.4 is 5.73 Å². The number of likely N-dealkylation sites (tertiary alicyclic amines) is 1. The second-order valence-electron chi connectivity index (χ2n) is 5.60. The molecule has 0 spiro atoms. The minimum Gasteiger partial charge on any atom is -0.447 e. The first-order chi connectivity index (χ1) is 8.63. The van der Waals surface area contributed by atoms with Crippen LogP contribution >= 0.6 is 0 Å². The molecule has 2 rings (SSSR count). The number of carbonyl (C=O) groups excluding carboxylic acids is 1. The van der Waals surface area contributed by atoms with Crippen molar-refractivity contribution in [3.8, 4) is 0 Å². The lowest BCUT2D eigenvalue weighted by molar-refractivity contribution is 0.0806. The molecule has 2 heterocycles. The second-order valence-corrected chi connectivity index (χ2v) is 5.60. The van der Waals surface area contributed by atoms with E-state index in [1.165, 1.54) is 19.3 Å². The SMILES string of the molecule is CC(C)N1CCCCC1CN1C(=O)OCC1CN. The first-order valence-corrected chi connectivity index (χ1v) is 7.02. The van der Waals surface area contributed by atoms with Crippen molar-refractivity contribution >= 4 is 6.09 Å². The van der Waals surface area contributed by atoms with Gasteiger partial charge in [0.1, 0.15) is 6.61 Å². The summed E-state index contributed by atoms with van der Waals surface area (Å²) in [5.74, 6) is 0. The highest BCUT2D eigenvalue weighted by Gasteiger charge is 2.36. The van der Waals surface area contributed by atoms with Crippen molar-refractivity contribution in [2.75, 3.05) is 26.2 Å². The van der Waals surface area contributed by atoms with Crippen molar-refractivity contribution in [3.63, 3.8) is 0 Å². The topological polar surface area (TPSA) is 58.8 Å². The van der Waals surface area contributed by atoms with Crippen molar-refractivity contribution in [1.82, 2.24) is 9.80 Å². The maximum absolute atomic E-state index is 11.7. The molecule has 2 unspecified atom stereocenters. The summed E-state index contributed by atoms with van der Waals surface area (Å²) in [4.78, 5) is 16.1. The fourth-order valence-corrected chi connectivity index (χ4v) is 3.03. The third-order valence-electron chi connectivity index (χ3n) is 4.09. The van der Waals surface area contributed by atoms with Gasteiger partial charge in [-0.25, -0.2) is 4.79 Å². The van der Waals surface area contributed by atoms with E-state index >= 15 is 0 Å². The number of amides is 1. The van der Waals surface area contributed by atoms with Crippen molar-refractivity contribution < 1.29 is 9.53 Å². The average molecular weight is 255 g/mol. The van der Waals surface area contributed by atoms with Crippen LogP contribution in [-0.2, 0) is 4.74 Å². The van der Waals surface area contributed by atoms with E-state index in [1.807, 2.05) is 4.90 Å². The third-order valence-corrected chi connectivity index (χ3v) is 4.09. The van der Waals surface area contributed by atoms with Gasteiger partial charge in [0.25, 0.3) is 0 Å². The van der Waals surface area contributed by atoms with Crippen LogP contribution in [0, 0.1) is 0 Å². The first-order valence-electron chi connectivity index (χ1n) is 7.02. The van der Waals surface area contributed by atoms with E-state index in [-0.39, 0.29) is 12.1 Å². The van der Waals surface area contributed by atoms with Gasteiger partial charge in [-0.1, -0.05) is 6.42 Å². The minimum atomic E-state index is -0.195. The fraction of sp³-hybridized carbons (Fsp3) is 0.923. The molecular weight excluding hydrogens is 230 g/mol. The molecular formula is C13H25N3O2. The predicted octanol–water partition coefficient (Wildman–Crippen LogP) is 1.03. The highest BCUT2D eigenvalue weighted by molar-refractivity contribution is 5.70. The fourth-order valence-electron chi connectivity index (χ4n) is 3.03. The molecule has 18 heavy (non-hydrogen) atoms. The lowest BCUT2D eigenvalue weighted by atomic mass is 9.99. The molecule has 2 fully saturated rings. The standard InChI is InChI=1S/C13H25N3O2/c1-10(2)15-6-4-3-5-11(15)8-16-12(7-14)9-18-13(16)17/h10-12H,3-9,14H2,1-2H3. The number of hydrogen-bond acceptors (Lipinski definition) is 4. The van der Waals surface area contributed by atoms with Gasteiger partial charge in [-0.15, -0.1) is 0 Å². The van der Waals surface area contributed by atoms with E-state index in [2.05, 4.69) is 18.7 Å². The number of cyclic esters (lactones) is 1. The van der Waals surface area contributed by atoms with E-state index in [1.54, 1.807) is 0 Å². The molecule has 2 atom stereocenters. The zero-order valence-corrected chi connectivity index (χ0v) is 11.5. The van der Waals surface area contributed by atoms with Gasteiger partial charge in [0.05, 0.1) is 6.04 Å². The highest BCUT2D eigenvalue weighted by atomic mass is 16.6. The van der Waals surface area contributed by atoms with Crippen LogP contribution in [0.25, 0.3) is 0 Å². The van der Waals surface area contributed by atoms with Crippen molar-refractivity contribution in [3.05, 3.63) is 0 Å². The largest absolute Gasteiger partial charge is 0.447 e. The normalized spacial score (nSPS) is 30.0. The molecule has 2 aliphatic heterocycles. The van der Waals surface area contributed by atoms with Crippen molar-refractivity contribution in [2.24, 2.45) is 5.73 Å². The molecule has 104 valence electrons. The molecule has 0 aromatic heterocycles. The molecule has 1 amide bonds. The molecule has 2 N–H and O–H groups in total. The number of carbonyl (C=O) groups is 1. The summed E-state index contributed by atoms with van der Waals surface area (Å²) in [5.41, 5.74) is 5.70. The Morgan fingerprint density at radius 3 is 2.83 bits per heavy atom. The number of rotatable bonds is 4. The molecule has 5 nitrogen and oxygen atoms in total. The van der Waals surface area contributed by atoms with E-state index in [0.717, 1.165) is 13.1 Å². The van der Waals surface area contributed by atoms with Gasteiger partial charge in [-0.3, -0.25) is 9.80 Å². The Morgan fingerprint density at radius 2 is 2.17 bits per heavy atom. The summed E-state index contributed by atoms with van der Waals surface area (Å²) in [6, 6.07) is 1.05. The molecule has 0 radical (unpaired) electrons. The lowest BCUT2D eigenvalue weighted by Gasteiger charge is -2.40. The van der Waals surface area contributed by atoms with Crippen LogP contribution in [0.4, 0.5) is 4.79 Å². The Morgan fingerprint density at radius 1 is 1.39 bits per heavy atom. The first kappa shape index (κ1) is 13.6. The molecule has 2 saturated heterocycles. The van der Waals surface area contributed by atoms with Crippen LogP contribution in [-0.4, -0.2) is 60.3 Å². The number of nitrogens with zero attached hydrogens (tertiary/aromatic N) is 2. The van der Waals surface area contributed by atoms with Crippen LogP contribution in [0.5, 0.6) is 0 Å². The maximum Gasteiger partial charge on any atom is 0.410 e. The van der Waals surface area contributed by atoms with E-state index in [0.29, 0.717) is 25.2 Å². The van der Waals surface area contributed by atoms with Gasteiger partial charge < -0.3 is 10.5 Å². The third kappa shape index (κ3) is 2.78. The van der Waals surface area contributed by atoms with Crippen molar-refractivity contribution in [1.29, 1.82) is 0 Å². The van der Waals surface area contributed by atoms with Crippen LogP contribution in [0.1, 0.15) is 33.1 Å². The second kappa shape index (κ2) is 5.89. The number of piperidine rings is 1. The van der Waals surface area contributed by atoms with E-state index in [9.17, 15) is 4.79 Å². The monoisotopic (exact) mass is 255 g/mol. The molecule has 5 heteroatoms. The minimum absolute atomic E-state index is 0.0634. The summed E-state index contributed by atoms with van der Waals surface area (Å²) < 4.78 is 5.09. The highest BCUT2D eigenvalue weighted by Crippen LogP contribution is 2.22.